The van der Waals surface area contributed by atoms with Gasteiger partial charge in [0, 0.05) is 5.56 Å². The third-order valence-corrected chi connectivity index (χ3v) is 2.11. The summed E-state index contributed by atoms with van der Waals surface area (Å²) in [5.74, 6) is -1.08. The number of hydrogen-bond acceptors (Lipinski definition) is 3. The van der Waals surface area contributed by atoms with Gasteiger partial charge in [-0.05, 0) is 25.0 Å². The fourth-order valence-corrected chi connectivity index (χ4v) is 1.26. The van der Waals surface area contributed by atoms with Gasteiger partial charge in [0.2, 0.25) is 0 Å². The van der Waals surface area contributed by atoms with Crippen LogP contribution in [0.25, 0.3) is 0 Å². The summed E-state index contributed by atoms with van der Waals surface area (Å²) in [6.07, 6.45) is 0.233. The van der Waals surface area contributed by atoms with Crippen LogP contribution in [0.2, 0.25) is 0 Å². The summed E-state index contributed by atoms with van der Waals surface area (Å²) in [5, 5.41) is 8.63. The Morgan fingerprint density at radius 1 is 1.47 bits per heavy atom. The molecule has 80 valence electrons. The standard InChI is InChI=1S/C11H13NO3/c1-7(13)9-4-2-3-8(5-9)6-10(12)11(14)15/h2-5,10H,6,12H2,1H3,(H,14,15). The van der Waals surface area contributed by atoms with Gasteiger partial charge in [-0.3, -0.25) is 9.59 Å². The van der Waals surface area contributed by atoms with Crippen molar-refractivity contribution >= 4 is 11.8 Å². The van der Waals surface area contributed by atoms with Gasteiger partial charge in [0.1, 0.15) is 6.04 Å². The lowest BCUT2D eigenvalue weighted by molar-refractivity contribution is -0.138. The molecule has 0 saturated heterocycles. The van der Waals surface area contributed by atoms with Gasteiger partial charge in [0.25, 0.3) is 0 Å². The smallest absolute Gasteiger partial charge is 0.320 e. The van der Waals surface area contributed by atoms with E-state index >= 15 is 0 Å². The summed E-state index contributed by atoms with van der Waals surface area (Å²) < 4.78 is 0. The maximum Gasteiger partial charge on any atom is 0.320 e. The van der Waals surface area contributed by atoms with E-state index in [9.17, 15) is 9.59 Å². The highest BCUT2D eigenvalue weighted by Crippen LogP contribution is 2.08. The normalized spacial score (nSPS) is 12.1. The molecule has 0 bridgehead atoms. The lowest BCUT2D eigenvalue weighted by Gasteiger charge is -2.06. The minimum atomic E-state index is -1.04. The first kappa shape index (κ1) is 11.4. The molecule has 1 unspecified atom stereocenters. The van der Waals surface area contributed by atoms with Crippen LogP contribution in [0, 0.1) is 0 Å². The topological polar surface area (TPSA) is 80.4 Å². The highest BCUT2D eigenvalue weighted by molar-refractivity contribution is 5.94. The minimum absolute atomic E-state index is 0.0410. The fraction of sp³-hybridized carbons (Fsp3) is 0.273. The highest BCUT2D eigenvalue weighted by atomic mass is 16.4. The van der Waals surface area contributed by atoms with Crippen LogP contribution in [0.3, 0.4) is 0 Å². The van der Waals surface area contributed by atoms with E-state index in [1.54, 1.807) is 24.3 Å². The molecule has 0 heterocycles. The third kappa shape index (κ3) is 3.18. The first-order chi connectivity index (χ1) is 7.00. The summed E-state index contributed by atoms with van der Waals surface area (Å²) >= 11 is 0. The molecule has 15 heavy (non-hydrogen) atoms. The average Bonchev–Trinajstić information content (AvgIpc) is 2.18. The van der Waals surface area contributed by atoms with Crippen molar-refractivity contribution in [2.45, 2.75) is 19.4 Å². The Labute approximate surface area is 87.7 Å². The van der Waals surface area contributed by atoms with Crippen LogP contribution in [0.15, 0.2) is 24.3 Å². The van der Waals surface area contributed by atoms with Crippen molar-refractivity contribution < 1.29 is 14.7 Å². The second kappa shape index (κ2) is 4.70. The number of hydrogen-bond donors (Lipinski definition) is 2. The van der Waals surface area contributed by atoms with E-state index in [2.05, 4.69) is 0 Å². The van der Waals surface area contributed by atoms with Gasteiger partial charge in [0.05, 0.1) is 0 Å². The lowest BCUT2D eigenvalue weighted by Crippen LogP contribution is -2.32. The molecule has 0 spiro atoms. The van der Waals surface area contributed by atoms with E-state index in [4.69, 9.17) is 10.8 Å². The molecule has 0 aliphatic rings. The van der Waals surface area contributed by atoms with Crippen molar-refractivity contribution in [1.82, 2.24) is 0 Å². The van der Waals surface area contributed by atoms with Crippen LogP contribution < -0.4 is 5.73 Å². The number of rotatable bonds is 4. The fourth-order valence-electron chi connectivity index (χ4n) is 1.26. The Morgan fingerprint density at radius 3 is 2.67 bits per heavy atom. The van der Waals surface area contributed by atoms with Crippen molar-refractivity contribution in [2.24, 2.45) is 5.73 Å². The van der Waals surface area contributed by atoms with Crippen molar-refractivity contribution in [3.8, 4) is 0 Å². The summed E-state index contributed by atoms with van der Waals surface area (Å²) in [7, 11) is 0. The van der Waals surface area contributed by atoms with Gasteiger partial charge in [-0.15, -0.1) is 0 Å². The maximum atomic E-state index is 11.1. The Hall–Kier alpha value is -1.68. The monoisotopic (exact) mass is 207 g/mol. The Balaban J connectivity index is 2.82. The predicted molar refractivity (Wildman–Crippen MR) is 55.8 cm³/mol. The van der Waals surface area contributed by atoms with Gasteiger partial charge in [0.15, 0.2) is 5.78 Å². The molecule has 0 fully saturated rings. The summed E-state index contributed by atoms with van der Waals surface area (Å²) in [6, 6.07) is 5.92. The van der Waals surface area contributed by atoms with E-state index < -0.39 is 12.0 Å². The average molecular weight is 207 g/mol. The third-order valence-electron chi connectivity index (χ3n) is 2.11. The maximum absolute atomic E-state index is 11.1. The number of carboxylic acids is 1. The SMILES string of the molecule is CC(=O)c1cccc(CC(N)C(=O)O)c1. The second-order valence-electron chi connectivity index (χ2n) is 3.41. The van der Waals surface area contributed by atoms with E-state index in [1.807, 2.05) is 0 Å². The first-order valence-corrected chi connectivity index (χ1v) is 4.59. The molecular weight excluding hydrogens is 194 g/mol. The summed E-state index contributed by atoms with van der Waals surface area (Å²) in [4.78, 5) is 21.6. The van der Waals surface area contributed by atoms with Crippen LogP contribution in [0.5, 0.6) is 0 Å². The zero-order valence-electron chi connectivity index (χ0n) is 8.43. The molecule has 0 saturated carbocycles. The molecule has 4 nitrogen and oxygen atoms in total. The molecular formula is C11H13NO3. The van der Waals surface area contributed by atoms with Crippen LogP contribution in [0.1, 0.15) is 22.8 Å². The molecule has 0 aliphatic carbocycles. The Morgan fingerprint density at radius 2 is 2.13 bits per heavy atom. The highest BCUT2D eigenvalue weighted by Gasteiger charge is 2.12. The van der Waals surface area contributed by atoms with Crippen LogP contribution >= 0.6 is 0 Å². The molecule has 0 radical (unpaired) electrons. The molecule has 4 heteroatoms. The van der Waals surface area contributed by atoms with E-state index in [0.29, 0.717) is 5.56 Å². The largest absolute Gasteiger partial charge is 0.480 e. The molecule has 3 N–H and O–H groups in total. The molecule has 1 rings (SSSR count). The minimum Gasteiger partial charge on any atom is -0.480 e. The van der Waals surface area contributed by atoms with E-state index in [0.717, 1.165) is 5.56 Å². The first-order valence-electron chi connectivity index (χ1n) is 4.59. The molecule has 1 atom stereocenters. The summed E-state index contributed by atoms with van der Waals surface area (Å²) in [5.41, 5.74) is 6.73. The summed E-state index contributed by atoms with van der Waals surface area (Å²) in [6.45, 7) is 1.47. The van der Waals surface area contributed by atoms with E-state index in [-0.39, 0.29) is 12.2 Å². The number of Topliss-reactive ketones (excluding diaryl/α,β-unsaturated/α-hetero) is 1. The number of benzene rings is 1. The van der Waals surface area contributed by atoms with Crippen molar-refractivity contribution in [1.29, 1.82) is 0 Å². The van der Waals surface area contributed by atoms with Gasteiger partial charge in [-0.1, -0.05) is 18.2 Å². The number of carboxylic acid groups (broad SMARTS) is 1. The van der Waals surface area contributed by atoms with Crippen LogP contribution in [-0.2, 0) is 11.2 Å². The van der Waals surface area contributed by atoms with Crippen molar-refractivity contribution in [3.05, 3.63) is 35.4 Å². The van der Waals surface area contributed by atoms with Gasteiger partial charge in [-0.25, -0.2) is 0 Å². The van der Waals surface area contributed by atoms with Crippen molar-refractivity contribution in [3.63, 3.8) is 0 Å². The zero-order valence-corrected chi connectivity index (χ0v) is 8.43. The van der Waals surface area contributed by atoms with Gasteiger partial charge < -0.3 is 10.8 Å². The van der Waals surface area contributed by atoms with E-state index in [1.165, 1.54) is 6.92 Å². The van der Waals surface area contributed by atoms with Crippen LogP contribution in [-0.4, -0.2) is 22.9 Å². The van der Waals surface area contributed by atoms with Gasteiger partial charge in [-0.2, -0.15) is 0 Å². The van der Waals surface area contributed by atoms with Crippen LogP contribution in [0.4, 0.5) is 0 Å². The molecule has 0 amide bonds. The number of carbonyl (C=O) groups excluding carboxylic acids is 1. The number of carbonyl (C=O) groups is 2. The molecule has 0 aromatic heterocycles. The van der Waals surface area contributed by atoms with Crippen molar-refractivity contribution in [2.75, 3.05) is 0 Å². The zero-order chi connectivity index (χ0) is 11.4. The Kier molecular flexibility index (Phi) is 3.57. The number of aliphatic carboxylic acids is 1. The lowest BCUT2D eigenvalue weighted by atomic mass is 10.0. The van der Waals surface area contributed by atoms with Gasteiger partial charge >= 0.3 is 5.97 Å². The number of nitrogens with two attached hydrogens (primary N) is 1. The molecule has 1 aromatic carbocycles. The molecule has 0 aliphatic heterocycles. The second-order valence-corrected chi connectivity index (χ2v) is 3.41. The Bertz CT molecular complexity index is 387. The quantitative estimate of drug-likeness (QED) is 0.717. The number of ketones is 1. The predicted octanol–water partition coefficient (Wildman–Crippen LogP) is 0.844. The molecule has 1 aromatic rings.